The van der Waals surface area contributed by atoms with Gasteiger partial charge in [-0.1, -0.05) is 55.4 Å². The second kappa shape index (κ2) is 19.8. The number of aromatic nitrogens is 6. The summed E-state index contributed by atoms with van der Waals surface area (Å²) in [7, 11) is 0. The third-order valence-corrected chi connectivity index (χ3v) is 3.23. The number of H-pyrrole nitrogens is 2. The van der Waals surface area contributed by atoms with Gasteiger partial charge in [0.1, 0.15) is 23.3 Å². The zero-order valence-corrected chi connectivity index (χ0v) is 22.0. The van der Waals surface area contributed by atoms with Crippen LogP contribution in [0.1, 0.15) is 102 Å². The van der Waals surface area contributed by atoms with E-state index >= 15 is 0 Å². The van der Waals surface area contributed by atoms with Crippen molar-refractivity contribution < 1.29 is 54.9 Å². The molecule has 2 heterocycles. The van der Waals surface area contributed by atoms with Crippen molar-refractivity contribution in [1.29, 1.82) is 0 Å². The Hall–Kier alpha value is -1.84. The number of nitrogens with zero attached hydrogens (tertiary/aromatic N) is 6. The van der Waals surface area contributed by atoms with Gasteiger partial charge >= 0.3 is 44.8 Å². The Labute approximate surface area is 217 Å². The van der Waals surface area contributed by atoms with Crippen LogP contribution in [0.5, 0.6) is 0 Å². The average Bonchev–Trinajstić information content (AvgIpc) is 3.24. The van der Waals surface area contributed by atoms with Crippen LogP contribution in [0.2, 0.25) is 0 Å². The molecule has 0 aliphatic heterocycles. The molecule has 0 aliphatic rings. The first-order valence-electron chi connectivity index (χ1n) is 9.16. The van der Waals surface area contributed by atoms with Gasteiger partial charge in [0.25, 0.3) is 0 Å². The maximum Gasteiger partial charge on any atom is 1.00 e. The van der Waals surface area contributed by atoms with E-state index in [1.807, 2.05) is 0 Å². The molecule has 32 heavy (non-hydrogen) atoms. The van der Waals surface area contributed by atoms with Crippen molar-refractivity contribution in [3.05, 3.63) is 53.9 Å². The minimum atomic E-state index is -1.75. The molecule has 2 aromatic heterocycles. The van der Waals surface area contributed by atoms with Gasteiger partial charge in [-0.3, -0.25) is 0 Å². The maximum absolute atomic E-state index is 8.25. The standard InChI is InChI=1S/2C8H15N3.2Ag.2NO3/c2*1-5(2)7-9-8(6(3)4)11-10-7;;;2*2-1(3)4/h2*5-6H,1-4H3,(H,9,10,11);;;;/q;;2*+1;2*-1. The van der Waals surface area contributed by atoms with Crippen LogP contribution in [-0.4, -0.2) is 40.5 Å². The Bertz CT molecular complexity index is 637. The molecule has 0 atom stereocenters. The predicted molar refractivity (Wildman–Crippen MR) is 110 cm³/mol. The number of nitrogens with one attached hydrogen (secondary N) is 2. The Morgan fingerprint density at radius 1 is 0.531 bits per heavy atom. The zero-order chi connectivity index (χ0) is 24.0. The van der Waals surface area contributed by atoms with E-state index in [0.717, 1.165) is 23.3 Å². The molecule has 0 unspecified atom stereocenters. The molecule has 16 heteroatoms. The number of rotatable bonds is 4. The topological polar surface area (TPSA) is 216 Å². The predicted octanol–water partition coefficient (Wildman–Crippen LogP) is 3.62. The first kappa shape index (κ1) is 37.5. The molecule has 192 valence electrons. The molecule has 2 aromatic rings. The van der Waals surface area contributed by atoms with E-state index in [1.165, 1.54) is 0 Å². The second-order valence-electron chi connectivity index (χ2n) is 7.26. The molecule has 0 radical (unpaired) electrons. The van der Waals surface area contributed by atoms with Crippen molar-refractivity contribution >= 4 is 0 Å². The van der Waals surface area contributed by atoms with Gasteiger partial charge in [-0.2, -0.15) is 0 Å². The normalized spacial score (nSPS) is 9.38. The summed E-state index contributed by atoms with van der Waals surface area (Å²) in [6, 6.07) is 0. The molecule has 0 aromatic carbocycles. The van der Waals surface area contributed by atoms with E-state index in [9.17, 15) is 0 Å². The van der Waals surface area contributed by atoms with Gasteiger partial charge < -0.3 is 40.6 Å². The molecule has 0 fully saturated rings. The smallest absolute Gasteiger partial charge is 0.356 e. The van der Waals surface area contributed by atoms with Crippen molar-refractivity contribution in [1.82, 2.24) is 30.4 Å². The number of aromatic amines is 2. The third kappa shape index (κ3) is 20.1. The van der Waals surface area contributed by atoms with Crippen molar-refractivity contribution in [2.24, 2.45) is 0 Å². The van der Waals surface area contributed by atoms with E-state index in [4.69, 9.17) is 30.6 Å². The Balaban J connectivity index is -0.000000177. The summed E-state index contributed by atoms with van der Waals surface area (Å²) in [5.74, 6) is 5.68. The SMILES string of the molecule is CC(C)c1nnc(C(C)C)[nH]1.CC(C)c1nnc(C(C)C)[nH]1.O=[N+]([O-])[O-].O=[N+]([O-])[O-].[Ag+].[Ag+]. The van der Waals surface area contributed by atoms with Crippen molar-refractivity contribution in [2.45, 2.75) is 79.1 Å². The van der Waals surface area contributed by atoms with Crippen LogP contribution >= 0.6 is 0 Å². The summed E-state index contributed by atoms with van der Waals surface area (Å²) < 4.78 is 0. The van der Waals surface area contributed by atoms with E-state index in [2.05, 4.69) is 85.8 Å². The molecule has 0 saturated heterocycles. The van der Waals surface area contributed by atoms with E-state index in [1.54, 1.807) is 0 Å². The molecular formula is C16H30Ag2N8O6. The number of hydrogen-bond acceptors (Lipinski definition) is 10. The minimum Gasteiger partial charge on any atom is -0.356 e. The van der Waals surface area contributed by atoms with E-state index in [-0.39, 0.29) is 44.8 Å². The fourth-order valence-corrected chi connectivity index (χ4v) is 1.62. The summed E-state index contributed by atoms with van der Waals surface area (Å²) in [6.45, 7) is 16.8. The summed E-state index contributed by atoms with van der Waals surface area (Å²) in [4.78, 5) is 22.9. The van der Waals surface area contributed by atoms with Crippen molar-refractivity contribution in [3.8, 4) is 0 Å². The summed E-state index contributed by atoms with van der Waals surface area (Å²) >= 11 is 0. The van der Waals surface area contributed by atoms with Crippen LogP contribution in [0.15, 0.2) is 0 Å². The van der Waals surface area contributed by atoms with Gasteiger partial charge in [-0.05, 0) is 0 Å². The zero-order valence-electron chi connectivity index (χ0n) is 19.0. The molecule has 0 saturated carbocycles. The Morgan fingerprint density at radius 3 is 0.719 bits per heavy atom. The van der Waals surface area contributed by atoms with Gasteiger partial charge in [-0.25, -0.2) is 0 Å². The van der Waals surface area contributed by atoms with Gasteiger partial charge in [0.05, 0.1) is 10.2 Å². The van der Waals surface area contributed by atoms with Crippen LogP contribution < -0.4 is 0 Å². The van der Waals surface area contributed by atoms with Gasteiger partial charge in [0, 0.05) is 23.7 Å². The van der Waals surface area contributed by atoms with Gasteiger partial charge in [0.15, 0.2) is 0 Å². The van der Waals surface area contributed by atoms with Crippen LogP contribution in [0, 0.1) is 30.6 Å². The fraction of sp³-hybridized carbons (Fsp3) is 0.750. The second-order valence-corrected chi connectivity index (χ2v) is 7.26. The summed E-state index contributed by atoms with van der Waals surface area (Å²) in [5.41, 5.74) is 0. The van der Waals surface area contributed by atoms with Gasteiger partial charge in [-0.15, -0.1) is 20.4 Å². The quantitative estimate of drug-likeness (QED) is 0.279. The van der Waals surface area contributed by atoms with E-state index < -0.39 is 10.2 Å². The summed E-state index contributed by atoms with van der Waals surface area (Å²) in [5, 5.41) is 45.6. The summed E-state index contributed by atoms with van der Waals surface area (Å²) in [6.07, 6.45) is 0. The number of hydrogen-bond donors (Lipinski definition) is 2. The molecule has 0 amide bonds. The molecule has 0 aliphatic carbocycles. The molecule has 0 spiro atoms. The molecule has 14 nitrogen and oxygen atoms in total. The largest absolute Gasteiger partial charge is 1.00 e. The fourth-order valence-electron chi connectivity index (χ4n) is 1.62. The first-order valence-corrected chi connectivity index (χ1v) is 9.16. The Morgan fingerprint density at radius 2 is 0.656 bits per heavy atom. The van der Waals surface area contributed by atoms with Crippen LogP contribution in [0.3, 0.4) is 0 Å². The minimum absolute atomic E-state index is 0. The first-order chi connectivity index (χ1) is 13.7. The van der Waals surface area contributed by atoms with Crippen LogP contribution in [0.4, 0.5) is 0 Å². The average molecular weight is 646 g/mol. The van der Waals surface area contributed by atoms with E-state index in [0.29, 0.717) is 23.7 Å². The van der Waals surface area contributed by atoms with Crippen molar-refractivity contribution in [3.63, 3.8) is 0 Å². The van der Waals surface area contributed by atoms with Crippen molar-refractivity contribution in [2.75, 3.05) is 0 Å². The van der Waals surface area contributed by atoms with Crippen LogP contribution in [0.25, 0.3) is 0 Å². The molecule has 0 bridgehead atoms. The molecular weight excluding hydrogens is 616 g/mol. The molecule has 2 rings (SSSR count). The Kier molecular flexibility index (Phi) is 23.2. The third-order valence-electron chi connectivity index (χ3n) is 3.23. The van der Waals surface area contributed by atoms with Crippen LogP contribution in [-0.2, 0) is 44.8 Å². The maximum atomic E-state index is 8.25. The van der Waals surface area contributed by atoms with Gasteiger partial charge in [0.2, 0.25) is 0 Å². The molecule has 2 N–H and O–H groups in total. The monoisotopic (exact) mass is 644 g/mol.